The molecule has 96 valence electrons. The van der Waals surface area contributed by atoms with Crippen LogP contribution in [0.25, 0.3) is 0 Å². The Hall–Kier alpha value is -1.83. The van der Waals surface area contributed by atoms with Crippen molar-refractivity contribution in [3.05, 3.63) is 34.8 Å². The van der Waals surface area contributed by atoms with Crippen LogP contribution in [0.3, 0.4) is 0 Å². The SMILES string of the molecule is O=C(Nc1cnn(CC(F)(F)F)c1)c1cccs1. The zero-order valence-electron chi connectivity index (χ0n) is 8.94. The Morgan fingerprint density at radius 1 is 1.50 bits per heavy atom. The van der Waals surface area contributed by atoms with Gasteiger partial charge in [0.2, 0.25) is 0 Å². The van der Waals surface area contributed by atoms with Crippen LogP contribution in [0, 0.1) is 0 Å². The van der Waals surface area contributed by atoms with E-state index >= 15 is 0 Å². The number of carbonyl (C=O) groups is 1. The van der Waals surface area contributed by atoms with E-state index in [-0.39, 0.29) is 11.6 Å². The van der Waals surface area contributed by atoms with Crippen molar-refractivity contribution in [1.29, 1.82) is 0 Å². The van der Waals surface area contributed by atoms with E-state index in [2.05, 4.69) is 10.4 Å². The van der Waals surface area contributed by atoms with Crippen LogP contribution in [-0.2, 0) is 6.54 Å². The van der Waals surface area contributed by atoms with E-state index in [1.807, 2.05) is 0 Å². The van der Waals surface area contributed by atoms with E-state index in [1.165, 1.54) is 17.5 Å². The average molecular weight is 275 g/mol. The molecule has 0 unspecified atom stereocenters. The number of nitrogens with zero attached hydrogens (tertiary/aromatic N) is 2. The topological polar surface area (TPSA) is 46.9 Å². The fraction of sp³-hybridized carbons (Fsp3) is 0.200. The number of aromatic nitrogens is 2. The minimum atomic E-state index is -4.33. The largest absolute Gasteiger partial charge is 0.408 e. The second-order valence-electron chi connectivity index (χ2n) is 3.47. The third-order valence-electron chi connectivity index (χ3n) is 1.98. The molecule has 4 nitrogen and oxygen atoms in total. The van der Waals surface area contributed by atoms with E-state index in [0.717, 1.165) is 10.9 Å². The van der Waals surface area contributed by atoms with Gasteiger partial charge >= 0.3 is 6.18 Å². The highest BCUT2D eigenvalue weighted by Gasteiger charge is 2.28. The molecular weight excluding hydrogens is 267 g/mol. The van der Waals surface area contributed by atoms with Gasteiger partial charge in [0.15, 0.2) is 0 Å². The quantitative estimate of drug-likeness (QED) is 0.936. The Bertz CT molecular complexity index is 533. The lowest BCUT2D eigenvalue weighted by Gasteiger charge is -2.05. The lowest BCUT2D eigenvalue weighted by atomic mass is 10.4. The molecule has 2 aromatic heterocycles. The zero-order chi connectivity index (χ0) is 13.2. The number of halogens is 3. The number of hydrogen-bond donors (Lipinski definition) is 1. The third-order valence-corrected chi connectivity index (χ3v) is 2.85. The van der Waals surface area contributed by atoms with E-state index < -0.39 is 12.7 Å². The highest BCUT2D eigenvalue weighted by Crippen LogP contribution is 2.18. The van der Waals surface area contributed by atoms with Gasteiger partial charge in [0, 0.05) is 6.20 Å². The molecule has 0 fully saturated rings. The smallest absolute Gasteiger partial charge is 0.319 e. The Kier molecular flexibility index (Phi) is 3.37. The van der Waals surface area contributed by atoms with Gasteiger partial charge in [-0.05, 0) is 11.4 Å². The van der Waals surface area contributed by atoms with Crippen molar-refractivity contribution < 1.29 is 18.0 Å². The average Bonchev–Trinajstić information content (AvgIpc) is 2.86. The summed E-state index contributed by atoms with van der Waals surface area (Å²) in [5.74, 6) is -0.364. The molecule has 0 aliphatic rings. The van der Waals surface area contributed by atoms with Crippen molar-refractivity contribution in [1.82, 2.24) is 9.78 Å². The fourth-order valence-corrected chi connectivity index (χ4v) is 1.92. The Morgan fingerprint density at radius 2 is 2.28 bits per heavy atom. The van der Waals surface area contributed by atoms with Gasteiger partial charge in [-0.1, -0.05) is 6.07 Å². The maximum atomic E-state index is 12.1. The number of nitrogens with one attached hydrogen (secondary N) is 1. The second-order valence-corrected chi connectivity index (χ2v) is 4.42. The first-order valence-electron chi connectivity index (χ1n) is 4.88. The van der Waals surface area contributed by atoms with Gasteiger partial charge in [-0.3, -0.25) is 9.48 Å². The lowest BCUT2D eigenvalue weighted by Crippen LogP contribution is -2.17. The molecule has 2 rings (SSSR count). The summed E-state index contributed by atoms with van der Waals surface area (Å²) in [7, 11) is 0. The van der Waals surface area contributed by atoms with Crippen molar-refractivity contribution in [2.75, 3.05) is 5.32 Å². The Labute approximate surface area is 104 Å². The van der Waals surface area contributed by atoms with E-state index in [1.54, 1.807) is 17.5 Å². The second kappa shape index (κ2) is 4.81. The molecule has 0 atom stereocenters. The lowest BCUT2D eigenvalue weighted by molar-refractivity contribution is -0.142. The van der Waals surface area contributed by atoms with Gasteiger partial charge in [-0.25, -0.2) is 0 Å². The van der Waals surface area contributed by atoms with E-state index in [9.17, 15) is 18.0 Å². The molecule has 0 saturated carbocycles. The third kappa shape index (κ3) is 3.33. The maximum Gasteiger partial charge on any atom is 0.408 e. The highest BCUT2D eigenvalue weighted by molar-refractivity contribution is 7.12. The summed E-state index contributed by atoms with van der Waals surface area (Å²) in [6.07, 6.45) is -2.02. The monoisotopic (exact) mass is 275 g/mol. The van der Waals surface area contributed by atoms with Crippen molar-refractivity contribution in [3.8, 4) is 0 Å². The van der Waals surface area contributed by atoms with Crippen LogP contribution in [0.1, 0.15) is 9.67 Å². The number of hydrogen-bond acceptors (Lipinski definition) is 3. The van der Waals surface area contributed by atoms with Gasteiger partial charge in [-0.15, -0.1) is 11.3 Å². The zero-order valence-corrected chi connectivity index (χ0v) is 9.76. The van der Waals surface area contributed by atoms with Gasteiger partial charge in [0.05, 0.1) is 16.8 Å². The molecular formula is C10H8F3N3OS. The van der Waals surface area contributed by atoms with Crippen LogP contribution in [0.2, 0.25) is 0 Å². The summed E-state index contributed by atoms with van der Waals surface area (Å²) >= 11 is 1.25. The molecule has 0 radical (unpaired) electrons. The number of thiophene rings is 1. The van der Waals surface area contributed by atoms with Crippen LogP contribution >= 0.6 is 11.3 Å². The first-order chi connectivity index (χ1) is 8.44. The molecule has 0 aliphatic carbocycles. The molecule has 2 heterocycles. The molecule has 0 aliphatic heterocycles. The van der Waals surface area contributed by atoms with E-state index in [0.29, 0.717) is 4.88 Å². The number of rotatable bonds is 3. The summed E-state index contributed by atoms with van der Waals surface area (Å²) < 4.78 is 37.0. The van der Waals surface area contributed by atoms with Gasteiger partial charge < -0.3 is 5.32 Å². The first kappa shape index (κ1) is 12.6. The predicted molar refractivity (Wildman–Crippen MR) is 60.6 cm³/mol. The number of anilines is 1. The summed E-state index contributed by atoms with van der Waals surface area (Å²) in [5, 5.41) is 7.73. The molecule has 1 N–H and O–H groups in total. The molecule has 18 heavy (non-hydrogen) atoms. The van der Waals surface area contributed by atoms with Crippen LogP contribution < -0.4 is 5.32 Å². The molecule has 2 aromatic rings. The molecule has 8 heteroatoms. The summed E-state index contributed by atoms with van der Waals surface area (Å²) in [6.45, 7) is -1.18. The van der Waals surface area contributed by atoms with Gasteiger partial charge in [-0.2, -0.15) is 18.3 Å². The number of alkyl halides is 3. The standard InChI is InChI=1S/C10H8F3N3OS/c11-10(12,13)6-16-5-7(4-14-16)15-9(17)8-2-1-3-18-8/h1-5H,6H2,(H,15,17). The van der Waals surface area contributed by atoms with Crippen LogP contribution in [0.5, 0.6) is 0 Å². The van der Waals surface area contributed by atoms with Crippen LogP contribution in [0.15, 0.2) is 29.9 Å². The van der Waals surface area contributed by atoms with Crippen molar-refractivity contribution >= 4 is 22.9 Å². The molecule has 0 spiro atoms. The normalized spacial score (nSPS) is 11.5. The molecule has 0 saturated heterocycles. The van der Waals surface area contributed by atoms with Gasteiger partial charge in [0.25, 0.3) is 5.91 Å². The summed E-state index contributed by atoms with van der Waals surface area (Å²) in [4.78, 5) is 12.1. The molecule has 0 aromatic carbocycles. The number of carbonyl (C=O) groups excluding carboxylic acids is 1. The van der Waals surface area contributed by atoms with Crippen LogP contribution in [0.4, 0.5) is 18.9 Å². The van der Waals surface area contributed by atoms with E-state index in [4.69, 9.17) is 0 Å². The first-order valence-corrected chi connectivity index (χ1v) is 5.76. The maximum absolute atomic E-state index is 12.1. The molecule has 0 bridgehead atoms. The van der Waals surface area contributed by atoms with Gasteiger partial charge in [0.1, 0.15) is 6.54 Å². The summed E-state index contributed by atoms with van der Waals surface area (Å²) in [6, 6.07) is 3.34. The minimum absolute atomic E-state index is 0.234. The van der Waals surface area contributed by atoms with Crippen LogP contribution in [-0.4, -0.2) is 21.9 Å². The van der Waals surface area contributed by atoms with Crippen molar-refractivity contribution in [3.63, 3.8) is 0 Å². The van der Waals surface area contributed by atoms with Crippen molar-refractivity contribution in [2.45, 2.75) is 12.7 Å². The minimum Gasteiger partial charge on any atom is -0.319 e. The van der Waals surface area contributed by atoms with Crippen molar-refractivity contribution in [2.24, 2.45) is 0 Å². The predicted octanol–water partition coefficient (Wildman–Crippen LogP) is 2.76. The fourth-order valence-electron chi connectivity index (χ4n) is 1.30. The molecule has 1 amide bonds. The highest BCUT2D eigenvalue weighted by atomic mass is 32.1. The Balaban J connectivity index is 2.01. The number of amides is 1. The summed E-state index contributed by atoms with van der Waals surface area (Å²) in [5.41, 5.74) is 0.234. The Morgan fingerprint density at radius 3 is 2.89 bits per heavy atom.